The van der Waals surface area contributed by atoms with Gasteiger partial charge in [0.1, 0.15) is 5.75 Å². The van der Waals surface area contributed by atoms with Crippen LogP contribution in [0.1, 0.15) is 0 Å². The number of nitrogens with one attached hydrogen (secondary N) is 1. The van der Waals surface area contributed by atoms with Crippen LogP contribution in [0.4, 0.5) is 11.4 Å². The highest BCUT2D eigenvalue weighted by atomic mass is 35.5. The van der Waals surface area contributed by atoms with Crippen molar-refractivity contribution in [1.29, 1.82) is 0 Å². The van der Waals surface area contributed by atoms with E-state index in [1.807, 2.05) is 84.2 Å². The monoisotopic (exact) mass is 493 g/mol. The number of aromatic nitrogens is 3. The molecule has 0 aliphatic rings. The molecule has 3 aromatic carbocycles. The molecular weight excluding hydrogens is 470 g/mol. The van der Waals surface area contributed by atoms with Gasteiger partial charge >= 0.3 is 0 Å². The van der Waals surface area contributed by atoms with Crippen LogP contribution in [0.3, 0.4) is 0 Å². The first-order valence-corrected chi connectivity index (χ1v) is 11.9. The van der Waals surface area contributed by atoms with E-state index >= 15 is 0 Å². The van der Waals surface area contributed by atoms with Gasteiger partial charge in [-0.2, -0.15) is 0 Å². The van der Waals surface area contributed by atoms with E-state index in [1.54, 1.807) is 19.2 Å². The SMILES string of the molecule is COc1ccccc1-c1nnc(SCC(=O)Nc2ccc(N(C)C)cc2)n1-c1ccc(Cl)cc1. The summed E-state index contributed by atoms with van der Waals surface area (Å²) in [4.78, 5) is 14.6. The lowest BCUT2D eigenvalue weighted by molar-refractivity contribution is -0.113. The van der Waals surface area contributed by atoms with Gasteiger partial charge in [0.2, 0.25) is 5.91 Å². The van der Waals surface area contributed by atoms with E-state index in [1.165, 1.54) is 11.8 Å². The second-order valence-corrected chi connectivity index (χ2v) is 8.98. The molecule has 4 rings (SSSR count). The Morgan fingerprint density at radius 3 is 2.41 bits per heavy atom. The van der Waals surface area contributed by atoms with E-state index in [4.69, 9.17) is 16.3 Å². The summed E-state index contributed by atoms with van der Waals surface area (Å²) in [5.41, 5.74) is 3.43. The lowest BCUT2D eigenvalue weighted by Crippen LogP contribution is -2.15. The number of hydrogen-bond donors (Lipinski definition) is 1. The number of nitrogens with zero attached hydrogens (tertiary/aromatic N) is 4. The first kappa shape index (κ1) is 23.7. The first-order valence-electron chi connectivity index (χ1n) is 10.5. The molecule has 4 aromatic rings. The van der Waals surface area contributed by atoms with Crippen LogP contribution in [-0.4, -0.2) is 47.6 Å². The fourth-order valence-electron chi connectivity index (χ4n) is 3.36. The van der Waals surface area contributed by atoms with Gasteiger partial charge in [-0.1, -0.05) is 35.5 Å². The van der Waals surface area contributed by atoms with Crippen molar-refractivity contribution in [2.24, 2.45) is 0 Å². The third kappa shape index (κ3) is 5.35. The number of methoxy groups -OCH3 is 1. The second-order valence-electron chi connectivity index (χ2n) is 7.60. The molecule has 9 heteroatoms. The Hall–Kier alpha value is -3.49. The minimum absolute atomic E-state index is 0.132. The summed E-state index contributed by atoms with van der Waals surface area (Å²) < 4.78 is 7.43. The third-order valence-electron chi connectivity index (χ3n) is 5.07. The molecule has 0 radical (unpaired) electrons. The van der Waals surface area contributed by atoms with Gasteiger partial charge in [0.15, 0.2) is 11.0 Å². The van der Waals surface area contributed by atoms with Gasteiger partial charge in [-0.3, -0.25) is 9.36 Å². The minimum Gasteiger partial charge on any atom is -0.496 e. The predicted octanol–water partition coefficient (Wildman–Crippen LogP) is 5.39. The molecule has 1 N–H and O–H groups in total. The van der Waals surface area contributed by atoms with Crippen molar-refractivity contribution < 1.29 is 9.53 Å². The molecule has 0 aliphatic carbocycles. The summed E-state index contributed by atoms with van der Waals surface area (Å²) in [5.74, 6) is 1.34. The summed E-state index contributed by atoms with van der Waals surface area (Å²) in [7, 11) is 5.56. The highest BCUT2D eigenvalue weighted by Gasteiger charge is 2.20. The van der Waals surface area contributed by atoms with Crippen LogP contribution in [-0.2, 0) is 4.79 Å². The molecule has 1 amide bonds. The third-order valence-corrected chi connectivity index (χ3v) is 6.25. The Balaban J connectivity index is 1.58. The average molecular weight is 494 g/mol. The maximum atomic E-state index is 12.6. The van der Waals surface area contributed by atoms with Crippen molar-refractivity contribution in [3.05, 3.63) is 77.8 Å². The maximum absolute atomic E-state index is 12.6. The van der Waals surface area contributed by atoms with Gasteiger partial charge in [0, 0.05) is 36.2 Å². The molecule has 0 saturated carbocycles. The number of hydrogen-bond acceptors (Lipinski definition) is 6. The average Bonchev–Trinajstić information content (AvgIpc) is 3.27. The van der Waals surface area contributed by atoms with Crippen LogP contribution < -0.4 is 15.0 Å². The fourth-order valence-corrected chi connectivity index (χ4v) is 4.24. The second kappa shape index (κ2) is 10.6. The summed E-state index contributed by atoms with van der Waals surface area (Å²) >= 11 is 7.41. The number of carbonyl (C=O) groups excluding carboxylic acids is 1. The van der Waals surface area contributed by atoms with Crippen LogP contribution in [0, 0.1) is 0 Å². The van der Waals surface area contributed by atoms with Gasteiger partial charge in [0.25, 0.3) is 0 Å². The van der Waals surface area contributed by atoms with Crippen molar-refractivity contribution in [2.45, 2.75) is 5.16 Å². The lowest BCUT2D eigenvalue weighted by Gasteiger charge is -2.13. The molecule has 174 valence electrons. The number of halogens is 1. The Kier molecular flexibility index (Phi) is 7.40. The van der Waals surface area contributed by atoms with Crippen molar-refractivity contribution in [1.82, 2.24) is 14.8 Å². The zero-order chi connectivity index (χ0) is 24.1. The van der Waals surface area contributed by atoms with E-state index in [2.05, 4.69) is 15.5 Å². The summed E-state index contributed by atoms with van der Waals surface area (Å²) in [6.07, 6.45) is 0. The number of ether oxygens (including phenoxy) is 1. The van der Waals surface area contributed by atoms with Crippen molar-refractivity contribution in [3.63, 3.8) is 0 Å². The molecule has 0 aliphatic heterocycles. The molecule has 0 spiro atoms. The number of thioether (sulfide) groups is 1. The van der Waals surface area contributed by atoms with Gasteiger partial charge < -0.3 is 15.0 Å². The Morgan fingerprint density at radius 1 is 1.03 bits per heavy atom. The Bertz CT molecular complexity index is 1270. The minimum atomic E-state index is -0.132. The highest BCUT2D eigenvalue weighted by Crippen LogP contribution is 2.33. The van der Waals surface area contributed by atoms with E-state index in [-0.39, 0.29) is 11.7 Å². The molecule has 0 fully saturated rings. The van der Waals surface area contributed by atoms with Gasteiger partial charge in [-0.15, -0.1) is 10.2 Å². The number of rotatable bonds is 8. The van der Waals surface area contributed by atoms with Crippen LogP contribution >= 0.6 is 23.4 Å². The van der Waals surface area contributed by atoms with Crippen molar-refractivity contribution in [2.75, 3.05) is 37.2 Å². The Morgan fingerprint density at radius 2 is 1.74 bits per heavy atom. The van der Waals surface area contributed by atoms with Crippen LogP contribution in [0.25, 0.3) is 17.1 Å². The van der Waals surface area contributed by atoms with Crippen molar-refractivity contribution >= 4 is 40.6 Å². The number of amides is 1. The maximum Gasteiger partial charge on any atom is 0.234 e. The normalized spacial score (nSPS) is 10.7. The molecule has 0 bridgehead atoms. The lowest BCUT2D eigenvalue weighted by atomic mass is 10.2. The molecular formula is C25H24ClN5O2S. The van der Waals surface area contributed by atoms with E-state index in [9.17, 15) is 4.79 Å². The van der Waals surface area contributed by atoms with E-state index in [0.717, 1.165) is 22.6 Å². The van der Waals surface area contributed by atoms with E-state index < -0.39 is 0 Å². The Labute approximate surface area is 207 Å². The number of benzene rings is 3. The number of carbonyl (C=O) groups is 1. The van der Waals surface area contributed by atoms with Crippen LogP contribution in [0.15, 0.2) is 78.0 Å². The van der Waals surface area contributed by atoms with Crippen LogP contribution in [0.2, 0.25) is 5.02 Å². The summed E-state index contributed by atoms with van der Waals surface area (Å²) in [6.45, 7) is 0. The first-order chi connectivity index (χ1) is 16.5. The molecule has 7 nitrogen and oxygen atoms in total. The zero-order valence-electron chi connectivity index (χ0n) is 19.0. The summed E-state index contributed by atoms with van der Waals surface area (Å²) in [6, 6.07) is 22.7. The van der Waals surface area contributed by atoms with Gasteiger partial charge in [-0.25, -0.2) is 0 Å². The molecule has 0 atom stereocenters. The smallest absolute Gasteiger partial charge is 0.234 e. The standard InChI is InChI=1S/C25H24ClN5O2S/c1-30(2)19-14-10-18(11-15-19)27-23(32)16-34-25-29-28-24(21-6-4-5-7-22(21)33-3)31(25)20-12-8-17(26)9-13-20/h4-15H,16H2,1-3H3,(H,27,32). The highest BCUT2D eigenvalue weighted by molar-refractivity contribution is 7.99. The quantitative estimate of drug-likeness (QED) is 0.332. The zero-order valence-corrected chi connectivity index (χ0v) is 20.6. The largest absolute Gasteiger partial charge is 0.496 e. The summed E-state index contributed by atoms with van der Waals surface area (Å²) in [5, 5.41) is 12.9. The molecule has 0 unspecified atom stereocenters. The molecule has 1 heterocycles. The number of anilines is 2. The van der Waals surface area contributed by atoms with Gasteiger partial charge in [0.05, 0.1) is 18.4 Å². The fraction of sp³-hybridized carbons (Fsp3) is 0.160. The number of para-hydroxylation sites is 1. The van der Waals surface area contributed by atoms with E-state index in [0.29, 0.717) is 21.8 Å². The molecule has 34 heavy (non-hydrogen) atoms. The molecule has 1 aromatic heterocycles. The topological polar surface area (TPSA) is 72.3 Å². The van der Waals surface area contributed by atoms with Crippen LogP contribution in [0.5, 0.6) is 5.75 Å². The van der Waals surface area contributed by atoms with Gasteiger partial charge in [-0.05, 0) is 60.7 Å². The predicted molar refractivity (Wildman–Crippen MR) is 138 cm³/mol. The molecule has 0 saturated heterocycles. The van der Waals surface area contributed by atoms with Crippen molar-refractivity contribution in [3.8, 4) is 22.8 Å².